The van der Waals surface area contributed by atoms with E-state index in [1.54, 1.807) is 6.92 Å². The van der Waals surface area contributed by atoms with Crippen LogP contribution in [0.5, 0.6) is 0 Å². The zero-order valence-corrected chi connectivity index (χ0v) is 15.2. The lowest BCUT2D eigenvalue weighted by Gasteiger charge is -2.33. The summed E-state index contributed by atoms with van der Waals surface area (Å²) in [6.45, 7) is 7.27. The molecule has 6 nitrogen and oxygen atoms in total. The van der Waals surface area contributed by atoms with Crippen LogP contribution in [0.4, 0.5) is 0 Å². The van der Waals surface area contributed by atoms with E-state index >= 15 is 0 Å². The fourth-order valence-electron chi connectivity index (χ4n) is 4.01. The third-order valence-corrected chi connectivity index (χ3v) is 5.74. The van der Waals surface area contributed by atoms with Crippen molar-refractivity contribution in [3.05, 3.63) is 17.7 Å². The Balaban J connectivity index is 1.43. The maximum Gasteiger partial charge on any atom is 0.219 e. The first kappa shape index (κ1) is 17.0. The fourth-order valence-corrected chi connectivity index (χ4v) is 4.01. The van der Waals surface area contributed by atoms with Crippen molar-refractivity contribution in [2.45, 2.75) is 51.6 Å². The zero-order valence-electron chi connectivity index (χ0n) is 15.2. The molecule has 0 spiro atoms. The van der Waals surface area contributed by atoms with Crippen molar-refractivity contribution >= 4 is 5.91 Å². The number of aromatic nitrogens is 2. The summed E-state index contributed by atoms with van der Waals surface area (Å²) in [4.78, 5) is 18.4. The minimum atomic E-state index is 0.122. The Morgan fingerprint density at radius 2 is 2.04 bits per heavy atom. The lowest BCUT2D eigenvalue weighted by atomic mass is 9.98. The summed E-state index contributed by atoms with van der Waals surface area (Å²) >= 11 is 0. The van der Waals surface area contributed by atoms with Crippen molar-refractivity contribution in [2.75, 3.05) is 33.0 Å². The predicted octanol–water partition coefficient (Wildman–Crippen LogP) is 2.18. The summed E-state index contributed by atoms with van der Waals surface area (Å²) in [5.74, 6) is 1.77. The number of ether oxygens (including phenoxy) is 2. The van der Waals surface area contributed by atoms with Crippen molar-refractivity contribution < 1.29 is 14.3 Å². The average Bonchev–Trinajstić information content (AvgIpc) is 3.34. The number of nitrogens with zero attached hydrogens (tertiary/aromatic N) is 3. The third-order valence-electron chi connectivity index (χ3n) is 5.74. The Morgan fingerprint density at radius 3 is 2.76 bits per heavy atom. The summed E-state index contributed by atoms with van der Waals surface area (Å²) in [6.07, 6.45) is 6.82. The van der Waals surface area contributed by atoms with Gasteiger partial charge in [0.15, 0.2) is 0 Å². The predicted molar refractivity (Wildman–Crippen MR) is 93.1 cm³/mol. The molecule has 1 saturated carbocycles. The van der Waals surface area contributed by atoms with Crippen molar-refractivity contribution in [3.8, 4) is 0 Å². The number of carbonyl (C=O) groups excluding carboxylic acids is 1. The van der Waals surface area contributed by atoms with Crippen LogP contribution in [0.2, 0.25) is 0 Å². The van der Waals surface area contributed by atoms with Gasteiger partial charge in [0, 0.05) is 51.4 Å². The van der Waals surface area contributed by atoms with Crippen molar-refractivity contribution in [1.82, 2.24) is 14.5 Å². The molecule has 138 valence electrons. The molecule has 0 N–H and O–H groups in total. The zero-order chi connectivity index (χ0) is 17.2. The maximum absolute atomic E-state index is 11.9. The number of hydrogen-bond acceptors (Lipinski definition) is 4. The average molecular weight is 347 g/mol. The van der Waals surface area contributed by atoms with Gasteiger partial charge in [-0.25, -0.2) is 4.98 Å². The van der Waals surface area contributed by atoms with E-state index in [-0.39, 0.29) is 11.8 Å². The van der Waals surface area contributed by atoms with Crippen LogP contribution >= 0.6 is 0 Å². The molecule has 1 saturated heterocycles. The van der Waals surface area contributed by atoms with Crippen LogP contribution in [-0.2, 0) is 27.4 Å². The van der Waals surface area contributed by atoms with Gasteiger partial charge < -0.3 is 18.9 Å². The van der Waals surface area contributed by atoms with E-state index in [2.05, 4.69) is 9.55 Å². The van der Waals surface area contributed by atoms with Crippen LogP contribution < -0.4 is 0 Å². The molecular weight excluding hydrogens is 318 g/mol. The topological polar surface area (TPSA) is 56.6 Å². The van der Waals surface area contributed by atoms with Gasteiger partial charge in [-0.1, -0.05) is 0 Å². The molecule has 1 aromatic heterocycles. The normalized spacial score (nSPS) is 24.4. The molecule has 0 bridgehead atoms. The molecule has 2 fully saturated rings. The first-order valence-corrected chi connectivity index (χ1v) is 9.65. The first-order chi connectivity index (χ1) is 12.2. The summed E-state index contributed by atoms with van der Waals surface area (Å²) < 4.78 is 13.9. The van der Waals surface area contributed by atoms with Crippen molar-refractivity contribution in [2.24, 2.45) is 11.8 Å². The number of carbonyl (C=O) groups is 1. The lowest BCUT2D eigenvalue weighted by molar-refractivity contribution is -0.130. The molecule has 4 rings (SSSR count). The third kappa shape index (κ3) is 4.06. The Morgan fingerprint density at radius 1 is 1.24 bits per heavy atom. The van der Waals surface area contributed by atoms with E-state index in [1.807, 2.05) is 11.2 Å². The number of hydrogen-bond donors (Lipinski definition) is 0. The highest BCUT2D eigenvalue weighted by Gasteiger charge is 2.33. The molecule has 0 unspecified atom stereocenters. The second kappa shape index (κ2) is 7.46. The molecule has 1 amide bonds. The number of rotatable bonds is 6. The minimum Gasteiger partial charge on any atom is -0.381 e. The smallest absolute Gasteiger partial charge is 0.219 e. The molecular formula is C19H29N3O3. The van der Waals surface area contributed by atoms with Crippen molar-refractivity contribution in [3.63, 3.8) is 0 Å². The molecule has 1 aromatic rings. The van der Waals surface area contributed by atoms with Gasteiger partial charge in [-0.15, -0.1) is 0 Å². The highest BCUT2D eigenvalue weighted by molar-refractivity contribution is 5.73. The van der Waals surface area contributed by atoms with E-state index in [1.165, 1.54) is 18.5 Å². The Hall–Kier alpha value is -1.40. The Labute approximate surface area is 149 Å². The van der Waals surface area contributed by atoms with Gasteiger partial charge in [-0.2, -0.15) is 0 Å². The minimum absolute atomic E-state index is 0.122. The van der Waals surface area contributed by atoms with Crippen molar-refractivity contribution in [1.29, 1.82) is 0 Å². The van der Waals surface area contributed by atoms with Gasteiger partial charge in [0.2, 0.25) is 5.91 Å². The Kier molecular flexibility index (Phi) is 5.08. The summed E-state index contributed by atoms with van der Waals surface area (Å²) in [7, 11) is 0. The summed E-state index contributed by atoms with van der Waals surface area (Å²) in [6, 6.07) is 0. The molecule has 3 heterocycles. The Bertz CT molecular complexity index is 605. The molecule has 25 heavy (non-hydrogen) atoms. The van der Waals surface area contributed by atoms with E-state index in [0.717, 1.165) is 57.4 Å². The lowest BCUT2D eigenvalue weighted by Crippen LogP contribution is -2.39. The molecule has 2 aliphatic heterocycles. The highest BCUT2D eigenvalue weighted by Crippen LogP contribution is 2.34. The highest BCUT2D eigenvalue weighted by atomic mass is 16.5. The van der Waals surface area contributed by atoms with Gasteiger partial charge >= 0.3 is 0 Å². The summed E-state index contributed by atoms with van der Waals surface area (Å²) in [5.41, 5.74) is 2.36. The van der Waals surface area contributed by atoms with Gasteiger partial charge in [-0.3, -0.25) is 4.79 Å². The molecule has 6 heteroatoms. The van der Waals surface area contributed by atoms with E-state index in [4.69, 9.17) is 9.47 Å². The van der Waals surface area contributed by atoms with Crippen LogP contribution in [0.15, 0.2) is 6.33 Å². The van der Waals surface area contributed by atoms with Gasteiger partial charge in [0.05, 0.1) is 25.2 Å². The second-order valence-electron chi connectivity index (χ2n) is 7.86. The van der Waals surface area contributed by atoms with Gasteiger partial charge in [-0.05, 0) is 37.5 Å². The van der Waals surface area contributed by atoms with E-state index < -0.39 is 0 Å². The molecule has 1 atom stereocenters. The number of fused-ring (bicyclic) bond motifs is 1. The largest absolute Gasteiger partial charge is 0.381 e. The molecule has 1 aliphatic carbocycles. The fraction of sp³-hybridized carbons (Fsp3) is 0.789. The quantitative estimate of drug-likeness (QED) is 0.791. The van der Waals surface area contributed by atoms with Crippen LogP contribution in [0.3, 0.4) is 0 Å². The monoisotopic (exact) mass is 347 g/mol. The van der Waals surface area contributed by atoms with Crippen LogP contribution in [0.1, 0.15) is 49.9 Å². The van der Waals surface area contributed by atoms with Gasteiger partial charge in [0.25, 0.3) is 0 Å². The van der Waals surface area contributed by atoms with E-state index in [0.29, 0.717) is 19.1 Å². The standard InChI is InChI=1S/C19H29N3O3/c1-14(23)21-9-17(12-25-11-16-4-6-24-7-5-16)19-18(10-21)20-13-22(19)8-15-2-3-15/h13,15-17H,2-12H2,1H3/t17-/m1/s1. The molecule has 0 aromatic carbocycles. The second-order valence-corrected chi connectivity index (χ2v) is 7.86. The van der Waals surface area contributed by atoms with Gasteiger partial charge in [0.1, 0.15) is 0 Å². The number of imidazole rings is 1. The van der Waals surface area contributed by atoms with Crippen LogP contribution in [0.25, 0.3) is 0 Å². The molecule has 0 radical (unpaired) electrons. The summed E-state index contributed by atoms with van der Waals surface area (Å²) in [5, 5.41) is 0. The molecule has 3 aliphatic rings. The van der Waals surface area contributed by atoms with E-state index in [9.17, 15) is 4.79 Å². The SMILES string of the molecule is CC(=O)N1Cc2ncn(CC3CC3)c2[C@@H](COCC2CCOCC2)C1. The maximum atomic E-state index is 11.9. The van der Waals surface area contributed by atoms with Crippen LogP contribution in [-0.4, -0.2) is 53.3 Å². The first-order valence-electron chi connectivity index (χ1n) is 9.65. The number of amides is 1. The van der Waals surface area contributed by atoms with Crippen LogP contribution in [0, 0.1) is 11.8 Å².